The van der Waals surface area contributed by atoms with E-state index < -0.39 is 5.66 Å². The number of methoxy groups -OCH3 is 1. The number of rotatable bonds is 5. The third-order valence-electron chi connectivity index (χ3n) is 8.86. The van der Waals surface area contributed by atoms with E-state index in [4.69, 9.17) is 9.73 Å². The second-order valence-electron chi connectivity index (χ2n) is 12.2. The van der Waals surface area contributed by atoms with E-state index in [0.29, 0.717) is 17.2 Å². The average molecular weight is 526 g/mol. The van der Waals surface area contributed by atoms with Crippen LogP contribution in [0.5, 0.6) is 0 Å². The topological polar surface area (TPSA) is 71.3 Å². The number of allylic oxidation sites excluding steroid dienone is 1. The molecule has 39 heavy (non-hydrogen) atoms. The van der Waals surface area contributed by atoms with Gasteiger partial charge in [0.15, 0.2) is 0 Å². The number of ether oxygens (including phenoxy) is 1. The first-order chi connectivity index (χ1) is 18.6. The fourth-order valence-corrected chi connectivity index (χ4v) is 6.43. The first-order valence-corrected chi connectivity index (χ1v) is 14.0. The zero-order valence-electron chi connectivity index (χ0n) is 23.7. The van der Waals surface area contributed by atoms with E-state index in [1.165, 1.54) is 12.7 Å². The van der Waals surface area contributed by atoms with Gasteiger partial charge in [-0.25, -0.2) is 4.79 Å². The summed E-state index contributed by atoms with van der Waals surface area (Å²) < 4.78 is 4.86. The normalized spacial score (nSPS) is 25.6. The number of nitrogens with zero attached hydrogens (tertiary/aromatic N) is 3. The zero-order valence-corrected chi connectivity index (χ0v) is 23.7. The van der Waals surface area contributed by atoms with Gasteiger partial charge in [-0.1, -0.05) is 57.2 Å². The molecule has 1 aliphatic carbocycles. The average Bonchev–Trinajstić information content (AvgIpc) is 3.23. The summed E-state index contributed by atoms with van der Waals surface area (Å²) in [5, 5.41) is 0. The van der Waals surface area contributed by atoms with Gasteiger partial charge in [0.2, 0.25) is 0 Å². The van der Waals surface area contributed by atoms with Crippen molar-refractivity contribution in [1.29, 1.82) is 0 Å². The summed E-state index contributed by atoms with van der Waals surface area (Å²) in [7, 11) is 1.38. The number of hydrogen-bond acceptors (Lipinski definition) is 5. The molecule has 0 saturated heterocycles. The van der Waals surface area contributed by atoms with Crippen molar-refractivity contribution in [2.45, 2.75) is 77.4 Å². The van der Waals surface area contributed by atoms with Gasteiger partial charge in [0.25, 0.3) is 5.91 Å². The van der Waals surface area contributed by atoms with Crippen molar-refractivity contribution in [3.8, 4) is 0 Å². The van der Waals surface area contributed by atoms with Crippen molar-refractivity contribution >= 4 is 23.8 Å². The number of carbonyl (C=O) groups excluding carboxylic acids is 2. The standard InChI is InChI=1S/C33H39N3O3/c1-22(23-9-11-25(12-10-23)31(38)39-5)36-30(37)29(35-33(36)17-13-28(14-18-33)32(2,3)4)27-8-6-7-26(21-27)24-15-19-34-20-16-24/h6-12,15,19-22,24,28H,13-14,16-18H2,1-5H3. The van der Waals surface area contributed by atoms with Crippen LogP contribution in [-0.4, -0.2) is 41.5 Å². The Balaban J connectivity index is 1.50. The van der Waals surface area contributed by atoms with Crippen molar-refractivity contribution < 1.29 is 14.3 Å². The Bertz CT molecular complexity index is 1320. The highest BCUT2D eigenvalue weighted by Crippen LogP contribution is 2.49. The van der Waals surface area contributed by atoms with E-state index in [0.717, 1.165) is 43.2 Å². The second kappa shape index (κ2) is 10.6. The third kappa shape index (κ3) is 5.21. The molecule has 1 saturated carbocycles. The van der Waals surface area contributed by atoms with Crippen LogP contribution in [0.2, 0.25) is 0 Å². The lowest BCUT2D eigenvalue weighted by atomic mass is 9.69. The van der Waals surface area contributed by atoms with Gasteiger partial charge in [0.05, 0.1) is 18.7 Å². The molecule has 2 heterocycles. The van der Waals surface area contributed by atoms with Crippen LogP contribution in [0.3, 0.4) is 0 Å². The smallest absolute Gasteiger partial charge is 0.337 e. The number of hydrogen-bond donors (Lipinski definition) is 0. The molecule has 0 bridgehead atoms. The summed E-state index contributed by atoms with van der Waals surface area (Å²) in [6.45, 7) is 9.00. The molecule has 2 aromatic rings. The van der Waals surface area contributed by atoms with E-state index >= 15 is 0 Å². The fourth-order valence-electron chi connectivity index (χ4n) is 6.43. The summed E-state index contributed by atoms with van der Waals surface area (Å²) in [4.78, 5) is 37.8. The molecule has 6 nitrogen and oxygen atoms in total. The maximum Gasteiger partial charge on any atom is 0.337 e. The summed E-state index contributed by atoms with van der Waals surface area (Å²) >= 11 is 0. The minimum atomic E-state index is -0.567. The van der Waals surface area contributed by atoms with Crippen LogP contribution in [0.15, 0.2) is 70.8 Å². The molecule has 0 N–H and O–H groups in total. The highest BCUT2D eigenvalue weighted by Gasteiger charge is 2.52. The molecule has 2 unspecified atom stereocenters. The van der Waals surface area contributed by atoms with Crippen molar-refractivity contribution in [3.63, 3.8) is 0 Å². The first kappa shape index (κ1) is 27.0. The van der Waals surface area contributed by atoms with Crippen LogP contribution in [0.4, 0.5) is 0 Å². The minimum Gasteiger partial charge on any atom is -0.465 e. The highest BCUT2D eigenvalue weighted by atomic mass is 16.5. The quantitative estimate of drug-likeness (QED) is 0.400. The maximum absolute atomic E-state index is 14.3. The monoisotopic (exact) mass is 525 g/mol. The maximum atomic E-state index is 14.3. The second-order valence-corrected chi connectivity index (χ2v) is 12.2. The van der Waals surface area contributed by atoms with E-state index in [1.807, 2.05) is 41.6 Å². The van der Waals surface area contributed by atoms with Gasteiger partial charge in [0.1, 0.15) is 11.4 Å². The SMILES string of the molecule is COC(=O)c1ccc(C(C)N2C(=O)C(c3cccc(C4C=CN=CC4)c3)=NC23CCC(C(C)(C)C)CC3)cc1. The molecule has 2 aromatic carbocycles. The van der Waals surface area contributed by atoms with Gasteiger partial charge in [-0.15, -0.1) is 0 Å². The molecule has 0 aromatic heterocycles. The van der Waals surface area contributed by atoms with Crippen LogP contribution < -0.4 is 0 Å². The molecule has 204 valence electrons. The number of aliphatic imine (C=N–C) groups is 2. The van der Waals surface area contributed by atoms with E-state index in [1.54, 1.807) is 12.1 Å². The molecular weight excluding hydrogens is 486 g/mol. The summed E-state index contributed by atoms with van der Waals surface area (Å²) in [6.07, 6.45) is 10.5. The fraction of sp³-hybridized carbons (Fsp3) is 0.455. The van der Waals surface area contributed by atoms with Crippen molar-refractivity contribution in [1.82, 2.24) is 4.90 Å². The highest BCUT2D eigenvalue weighted by molar-refractivity contribution is 6.46. The Labute approximate surface area is 231 Å². The number of amides is 1. The van der Waals surface area contributed by atoms with Gasteiger partial charge in [0, 0.05) is 23.9 Å². The molecule has 0 radical (unpaired) electrons. The molecule has 2 atom stereocenters. The van der Waals surface area contributed by atoms with Gasteiger partial charge in [-0.3, -0.25) is 14.8 Å². The van der Waals surface area contributed by atoms with Crippen molar-refractivity contribution in [2.75, 3.05) is 7.11 Å². The molecule has 3 aliphatic rings. The molecule has 1 amide bonds. The third-order valence-corrected chi connectivity index (χ3v) is 8.86. The van der Waals surface area contributed by atoms with Crippen LogP contribution in [-0.2, 0) is 9.53 Å². The van der Waals surface area contributed by atoms with Gasteiger partial charge in [-0.2, -0.15) is 0 Å². The minimum absolute atomic E-state index is 0.0216. The first-order valence-electron chi connectivity index (χ1n) is 14.0. The molecule has 1 fully saturated rings. The van der Waals surface area contributed by atoms with Crippen molar-refractivity contribution in [2.24, 2.45) is 21.3 Å². The summed E-state index contributed by atoms with van der Waals surface area (Å²) in [6, 6.07) is 15.5. The van der Waals surface area contributed by atoms with Crippen LogP contribution in [0, 0.1) is 11.3 Å². The van der Waals surface area contributed by atoms with Crippen LogP contribution >= 0.6 is 0 Å². The van der Waals surface area contributed by atoms with E-state index in [2.05, 4.69) is 50.9 Å². The van der Waals surface area contributed by atoms with Gasteiger partial charge >= 0.3 is 5.97 Å². The molecular formula is C33H39N3O3. The molecule has 2 aliphatic heterocycles. The Kier molecular flexibility index (Phi) is 7.32. The summed E-state index contributed by atoms with van der Waals surface area (Å²) in [5.74, 6) is 0.454. The Morgan fingerprint density at radius 3 is 2.44 bits per heavy atom. The number of benzene rings is 2. The Hall–Kier alpha value is -3.54. The number of esters is 1. The van der Waals surface area contributed by atoms with Crippen LogP contribution in [0.1, 0.15) is 98.8 Å². The van der Waals surface area contributed by atoms with Gasteiger partial charge < -0.3 is 9.64 Å². The zero-order chi connectivity index (χ0) is 27.8. The lowest BCUT2D eigenvalue weighted by Gasteiger charge is -2.46. The van der Waals surface area contributed by atoms with Crippen LogP contribution in [0.25, 0.3) is 0 Å². The molecule has 1 spiro atoms. The Morgan fingerprint density at radius 2 is 1.82 bits per heavy atom. The summed E-state index contributed by atoms with van der Waals surface area (Å²) in [5.41, 5.74) is 3.73. The lowest BCUT2D eigenvalue weighted by molar-refractivity contribution is -0.132. The van der Waals surface area contributed by atoms with E-state index in [9.17, 15) is 9.59 Å². The largest absolute Gasteiger partial charge is 0.465 e. The Morgan fingerprint density at radius 1 is 1.10 bits per heavy atom. The van der Waals surface area contributed by atoms with Gasteiger partial charge in [-0.05, 0) is 79.7 Å². The molecule has 5 rings (SSSR count). The van der Waals surface area contributed by atoms with Crippen molar-refractivity contribution in [3.05, 3.63) is 83.1 Å². The predicted molar refractivity (Wildman–Crippen MR) is 155 cm³/mol. The molecule has 6 heteroatoms. The predicted octanol–water partition coefficient (Wildman–Crippen LogP) is 6.87. The number of carbonyl (C=O) groups is 2. The van der Waals surface area contributed by atoms with E-state index in [-0.39, 0.29) is 29.3 Å². The lowest BCUT2D eigenvalue weighted by Crippen LogP contribution is -2.50.